The van der Waals surface area contributed by atoms with Crippen LogP contribution in [0.25, 0.3) is 0 Å². The number of aryl methyl sites for hydroxylation is 1. The van der Waals surface area contributed by atoms with Crippen molar-refractivity contribution in [2.45, 2.75) is 31.2 Å². The van der Waals surface area contributed by atoms with Crippen molar-refractivity contribution in [3.8, 4) is 23.3 Å². The molecule has 11 nitrogen and oxygen atoms in total. The lowest BCUT2D eigenvalue weighted by Crippen LogP contribution is -2.44. The lowest BCUT2D eigenvalue weighted by Gasteiger charge is -2.18. The van der Waals surface area contributed by atoms with Crippen LogP contribution in [0.15, 0.2) is 42.5 Å². The number of rotatable bonds is 5. The summed E-state index contributed by atoms with van der Waals surface area (Å²) >= 11 is 0. The molecule has 2 aromatic carbocycles. The molecule has 2 fully saturated rings. The number of hydrogen-bond acceptors (Lipinski definition) is 9. The van der Waals surface area contributed by atoms with Crippen LogP contribution in [-0.2, 0) is 9.47 Å². The predicted molar refractivity (Wildman–Crippen MR) is 111 cm³/mol. The SMILES string of the molecule is Cc1ccc(C(=O)N[C@@H]2CO[C@@H]3[C@@H]2OC[C@@H]3n2nnnc2Oc2ccc3c(c2)OCO3)cc1. The van der Waals surface area contributed by atoms with E-state index in [2.05, 4.69) is 20.8 Å². The second-order valence-corrected chi connectivity index (χ2v) is 8.13. The van der Waals surface area contributed by atoms with Gasteiger partial charge in [-0.15, -0.1) is 0 Å². The summed E-state index contributed by atoms with van der Waals surface area (Å²) in [5.74, 6) is 1.61. The molecule has 11 heteroatoms. The smallest absolute Gasteiger partial charge is 0.341 e. The van der Waals surface area contributed by atoms with Gasteiger partial charge in [-0.2, -0.15) is 4.68 Å². The van der Waals surface area contributed by atoms with E-state index in [0.29, 0.717) is 36.0 Å². The Morgan fingerprint density at radius 3 is 2.76 bits per heavy atom. The van der Waals surface area contributed by atoms with Gasteiger partial charge in [-0.1, -0.05) is 22.8 Å². The zero-order valence-corrected chi connectivity index (χ0v) is 17.7. The van der Waals surface area contributed by atoms with E-state index >= 15 is 0 Å². The second kappa shape index (κ2) is 8.01. The van der Waals surface area contributed by atoms with Crippen molar-refractivity contribution in [1.82, 2.24) is 25.5 Å². The first-order valence-corrected chi connectivity index (χ1v) is 10.6. The summed E-state index contributed by atoms with van der Waals surface area (Å²) in [6.45, 7) is 2.82. The molecule has 6 rings (SSSR count). The van der Waals surface area contributed by atoms with Crippen LogP contribution in [0.3, 0.4) is 0 Å². The van der Waals surface area contributed by atoms with Crippen LogP contribution < -0.4 is 19.5 Å². The topological polar surface area (TPSA) is 119 Å². The normalized spacial score (nSPS) is 25.1. The minimum Gasteiger partial charge on any atom is -0.454 e. The maximum atomic E-state index is 12.6. The van der Waals surface area contributed by atoms with E-state index in [1.165, 1.54) is 0 Å². The van der Waals surface area contributed by atoms with Gasteiger partial charge in [0, 0.05) is 11.6 Å². The summed E-state index contributed by atoms with van der Waals surface area (Å²) in [4.78, 5) is 12.6. The highest BCUT2D eigenvalue weighted by molar-refractivity contribution is 5.94. The van der Waals surface area contributed by atoms with Crippen molar-refractivity contribution in [3.05, 3.63) is 53.6 Å². The Hall–Kier alpha value is -3.70. The standard InChI is InChI=1S/C22H21N5O6/c1-12-2-4-13(5-3-12)21(28)23-15-9-29-20-16(10-30-19(15)20)27-22(24-25-26-27)33-14-6-7-17-18(8-14)32-11-31-17/h2-8,15-16,19-20H,9-11H2,1H3,(H,23,28)/t15-,16+,19-,20+/m1/s1. The zero-order valence-electron chi connectivity index (χ0n) is 17.7. The number of carbonyl (C=O) groups excluding carboxylic acids is 1. The largest absolute Gasteiger partial charge is 0.454 e. The Bertz CT molecular complexity index is 1180. The summed E-state index contributed by atoms with van der Waals surface area (Å²) in [5.41, 5.74) is 1.69. The summed E-state index contributed by atoms with van der Waals surface area (Å²) in [5, 5.41) is 14.9. The number of hydrogen-bond donors (Lipinski definition) is 1. The maximum Gasteiger partial charge on any atom is 0.341 e. The van der Waals surface area contributed by atoms with Crippen molar-refractivity contribution >= 4 is 5.91 Å². The molecule has 1 amide bonds. The molecule has 33 heavy (non-hydrogen) atoms. The van der Waals surface area contributed by atoms with E-state index in [1.54, 1.807) is 35.0 Å². The fourth-order valence-electron chi connectivity index (χ4n) is 4.28. The van der Waals surface area contributed by atoms with E-state index in [4.69, 9.17) is 23.7 Å². The van der Waals surface area contributed by atoms with Crippen molar-refractivity contribution in [2.75, 3.05) is 20.0 Å². The van der Waals surface area contributed by atoms with E-state index in [-0.39, 0.29) is 43.0 Å². The maximum absolute atomic E-state index is 12.6. The van der Waals surface area contributed by atoms with Crippen LogP contribution in [0, 0.1) is 6.92 Å². The van der Waals surface area contributed by atoms with Crippen LogP contribution >= 0.6 is 0 Å². The van der Waals surface area contributed by atoms with Crippen LogP contribution in [0.1, 0.15) is 22.0 Å². The average Bonchev–Trinajstić information content (AvgIpc) is 3.60. The monoisotopic (exact) mass is 451 g/mol. The molecule has 1 N–H and O–H groups in total. The Labute approximate surface area is 188 Å². The number of nitrogens with one attached hydrogen (secondary N) is 1. The van der Waals surface area contributed by atoms with Crippen LogP contribution in [0.5, 0.6) is 23.3 Å². The third-order valence-electron chi connectivity index (χ3n) is 5.99. The Kier molecular flexibility index (Phi) is 4.84. The Morgan fingerprint density at radius 1 is 1.06 bits per heavy atom. The van der Waals surface area contributed by atoms with E-state index in [0.717, 1.165) is 5.56 Å². The van der Waals surface area contributed by atoms with Gasteiger partial charge in [-0.05, 0) is 41.6 Å². The fraction of sp³-hybridized carbons (Fsp3) is 0.364. The highest BCUT2D eigenvalue weighted by Crippen LogP contribution is 2.38. The van der Waals surface area contributed by atoms with Crippen molar-refractivity contribution in [3.63, 3.8) is 0 Å². The van der Waals surface area contributed by atoms with Gasteiger partial charge in [-0.25, -0.2) is 0 Å². The lowest BCUT2D eigenvalue weighted by molar-refractivity contribution is 0.0606. The van der Waals surface area contributed by atoms with Gasteiger partial charge >= 0.3 is 6.01 Å². The van der Waals surface area contributed by atoms with Crippen LogP contribution in [0.4, 0.5) is 0 Å². The summed E-state index contributed by atoms with van der Waals surface area (Å²) in [6, 6.07) is 12.3. The number of aromatic nitrogens is 4. The number of ether oxygens (including phenoxy) is 5. The lowest BCUT2D eigenvalue weighted by atomic mass is 10.1. The van der Waals surface area contributed by atoms with Gasteiger partial charge in [0.1, 0.15) is 24.0 Å². The van der Waals surface area contributed by atoms with Gasteiger partial charge in [0.25, 0.3) is 5.91 Å². The molecule has 0 spiro atoms. The molecule has 3 aromatic rings. The minimum absolute atomic E-state index is 0.162. The van der Waals surface area contributed by atoms with Crippen LogP contribution in [0.2, 0.25) is 0 Å². The molecule has 170 valence electrons. The van der Waals surface area contributed by atoms with Crippen LogP contribution in [-0.4, -0.2) is 64.4 Å². The molecular formula is C22H21N5O6. The molecule has 4 atom stereocenters. The molecule has 0 saturated carbocycles. The highest BCUT2D eigenvalue weighted by Gasteiger charge is 2.50. The quantitative estimate of drug-likeness (QED) is 0.617. The fourth-order valence-corrected chi connectivity index (χ4v) is 4.28. The molecule has 3 aliphatic heterocycles. The van der Waals surface area contributed by atoms with E-state index in [1.807, 2.05) is 19.1 Å². The third kappa shape index (κ3) is 3.64. The number of nitrogens with zero attached hydrogens (tertiary/aromatic N) is 4. The molecule has 2 saturated heterocycles. The summed E-state index contributed by atoms with van der Waals surface area (Å²) < 4.78 is 30.2. The van der Waals surface area contributed by atoms with Gasteiger partial charge in [0.15, 0.2) is 11.5 Å². The number of fused-ring (bicyclic) bond motifs is 2. The second-order valence-electron chi connectivity index (χ2n) is 8.13. The minimum atomic E-state index is -0.323. The first-order valence-electron chi connectivity index (χ1n) is 10.6. The zero-order chi connectivity index (χ0) is 22.4. The van der Waals surface area contributed by atoms with E-state index in [9.17, 15) is 4.79 Å². The molecule has 1 aromatic heterocycles. The molecule has 3 aliphatic rings. The Morgan fingerprint density at radius 2 is 1.88 bits per heavy atom. The van der Waals surface area contributed by atoms with Crippen molar-refractivity contribution in [2.24, 2.45) is 0 Å². The Balaban J connectivity index is 1.15. The van der Waals surface area contributed by atoms with Gasteiger partial charge in [0.2, 0.25) is 6.79 Å². The summed E-state index contributed by atoms with van der Waals surface area (Å²) in [6.07, 6.45) is -0.636. The first-order chi connectivity index (χ1) is 16.2. The average molecular weight is 451 g/mol. The summed E-state index contributed by atoms with van der Waals surface area (Å²) in [7, 11) is 0. The molecule has 0 radical (unpaired) electrons. The predicted octanol–water partition coefficient (Wildman–Crippen LogP) is 1.64. The van der Waals surface area contributed by atoms with Gasteiger partial charge in [0.05, 0.1) is 19.3 Å². The van der Waals surface area contributed by atoms with Gasteiger partial charge in [-0.3, -0.25) is 4.79 Å². The number of tetrazole rings is 1. The third-order valence-corrected chi connectivity index (χ3v) is 5.99. The molecule has 4 heterocycles. The first kappa shape index (κ1) is 19.9. The number of amides is 1. The molecular weight excluding hydrogens is 430 g/mol. The van der Waals surface area contributed by atoms with Gasteiger partial charge < -0.3 is 29.0 Å². The van der Waals surface area contributed by atoms with E-state index < -0.39 is 0 Å². The number of benzene rings is 2. The number of carbonyl (C=O) groups is 1. The highest BCUT2D eigenvalue weighted by atomic mass is 16.7. The molecule has 0 unspecified atom stereocenters. The van der Waals surface area contributed by atoms with Crippen molar-refractivity contribution in [1.29, 1.82) is 0 Å². The molecule has 0 aliphatic carbocycles. The molecule has 0 bridgehead atoms. The van der Waals surface area contributed by atoms with Crippen molar-refractivity contribution < 1.29 is 28.5 Å².